The van der Waals surface area contributed by atoms with Gasteiger partial charge in [0.05, 0.1) is 18.9 Å². The normalized spacial score (nSPS) is 10.0. The van der Waals surface area contributed by atoms with Crippen LogP contribution in [-0.2, 0) is 22.6 Å². The van der Waals surface area contributed by atoms with E-state index in [0.29, 0.717) is 6.61 Å². The quantitative estimate of drug-likeness (QED) is 0.737. The number of hydrogen-bond acceptors (Lipinski definition) is 3. The molecule has 0 aliphatic heterocycles. The van der Waals surface area contributed by atoms with E-state index in [2.05, 4.69) is 0 Å². The van der Waals surface area contributed by atoms with Crippen molar-refractivity contribution in [3.05, 3.63) is 60.1 Å². The van der Waals surface area contributed by atoms with Gasteiger partial charge < -0.3 is 9.15 Å². The molecule has 0 amide bonds. The minimum atomic E-state index is -0.245. The van der Waals surface area contributed by atoms with Gasteiger partial charge >= 0.3 is 5.97 Å². The molecule has 0 saturated heterocycles. The Morgan fingerprint density at radius 1 is 1.12 bits per heavy atom. The maximum absolute atomic E-state index is 11.4. The van der Waals surface area contributed by atoms with Gasteiger partial charge in [-0.15, -0.1) is 0 Å². The summed E-state index contributed by atoms with van der Waals surface area (Å²) >= 11 is 0. The van der Waals surface area contributed by atoms with E-state index in [9.17, 15) is 4.79 Å². The Hall–Kier alpha value is -2.03. The molecule has 1 heterocycles. The molecule has 0 unspecified atom stereocenters. The number of benzene rings is 1. The van der Waals surface area contributed by atoms with Crippen LogP contribution in [0.5, 0.6) is 0 Å². The Bertz CT molecular complexity index is 431. The van der Waals surface area contributed by atoms with Crippen LogP contribution in [-0.4, -0.2) is 5.97 Å². The van der Waals surface area contributed by atoms with Crippen molar-refractivity contribution in [3.8, 4) is 0 Å². The average molecular weight is 216 g/mol. The molecule has 3 heteroatoms. The molecule has 1 aromatic carbocycles. The molecule has 0 aliphatic carbocycles. The standard InChI is InChI=1S/C13H12O3/c14-13(8-12-6-7-15-9-12)16-10-11-4-2-1-3-5-11/h1-7,9H,8,10H2. The van der Waals surface area contributed by atoms with Gasteiger partial charge in [0.25, 0.3) is 0 Å². The number of ether oxygens (including phenoxy) is 1. The van der Waals surface area contributed by atoms with E-state index < -0.39 is 0 Å². The monoisotopic (exact) mass is 216 g/mol. The smallest absolute Gasteiger partial charge is 0.310 e. The molecule has 1 aromatic heterocycles. The van der Waals surface area contributed by atoms with Crippen molar-refractivity contribution in [2.45, 2.75) is 13.0 Å². The summed E-state index contributed by atoms with van der Waals surface area (Å²) < 4.78 is 9.99. The fourth-order valence-electron chi connectivity index (χ4n) is 1.35. The number of hydrogen-bond donors (Lipinski definition) is 0. The molecule has 0 atom stereocenters. The summed E-state index contributed by atoms with van der Waals surface area (Å²) in [5.41, 5.74) is 1.82. The van der Waals surface area contributed by atoms with Gasteiger partial charge in [0.1, 0.15) is 6.61 Å². The fourth-order valence-corrected chi connectivity index (χ4v) is 1.35. The summed E-state index contributed by atoms with van der Waals surface area (Å²) in [6.45, 7) is 0.317. The lowest BCUT2D eigenvalue weighted by atomic mass is 10.2. The SMILES string of the molecule is O=C(Cc1ccoc1)OCc1ccccc1. The van der Waals surface area contributed by atoms with Crippen molar-refractivity contribution in [2.24, 2.45) is 0 Å². The number of esters is 1. The molecular formula is C13H12O3. The predicted molar refractivity (Wildman–Crippen MR) is 58.7 cm³/mol. The first kappa shape index (κ1) is 10.5. The third-order valence-electron chi connectivity index (χ3n) is 2.17. The number of carbonyl (C=O) groups excluding carboxylic acids is 1. The van der Waals surface area contributed by atoms with E-state index >= 15 is 0 Å². The highest BCUT2D eigenvalue weighted by molar-refractivity contribution is 5.72. The zero-order chi connectivity index (χ0) is 11.2. The zero-order valence-electron chi connectivity index (χ0n) is 8.76. The minimum absolute atomic E-state index is 0.245. The predicted octanol–water partition coefficient (Wildman–Crippen LogP) is 2.57. The number of furan rings is 1. The van der Waals surface area contributed by atoms with Crippen LogP contribution < -0.4 is 0 Å². The van der Waals surface area contributed by atoms with E-state index in [-0.39, 0.29) is 12.4 Å². The van der Waals surface area contributed by atoms with Crippen molar-refractivity contribution in [2.75, 3.05) is 0 Å². The van der Waals surface area contributed by atoms with Gasteiger partial charge in [-0.2, -0.15) is 0 Å². The Morgan fingerprint density at radius 2 is 1.94 bits per heavy atom. The third kappa shape index (κ3) is 2.98. The van der Waals surface area contributed by atoms with Gasteiger partial charge in [-0.25, -0.2) is 0 Å². The molecule has 82 valence electrons. The van der Waals surface area contributed by atoms with E-state index in [0.717, 1.165) is 11.1 Å². The van der Waals surface area contributed by atoms with E-state index in [1.807, 2.05) is 30.3 Å². The summed E-state index contributed by atoms with van der Waals surface area (Å²) in [7, 11) is 0. The molecule has 0 N–H and O–H groups in total. The van der Waals surface area contributed by atoms with Crippen LogP contribution in [0.1, 0.15) is 11.1 Å². The molecule has 0 aliphatic rings. The highest BCUT2D eigenvalue weighted by Crippen LogP contribution is 2.05. The Kier molecular flexibility index (Phi) is 3.38. The van der Waals surface area contributed by atoms with Gasteiger partial charge in [-0.3, -0.25) is 4.79 Å². The van der Waals surface area contributed by atoms with Crippen LogP contribution in [0.4, 0.5) is 0 Å². The van der Waals surface area contributed by atoms with Crippen LogP contribution in [0.25, 0.3) is 0 Å². The molecule has 16 heavy (non-hydrogen) atoms. The van der Waals surface area contributed by atoms with Gasteiger partial charge in [0.15, 0.2) is 0 Å². The Balaban J connectivity index is 1.80. The minimum Gasteiger partial charge on any atom is -0.472 e. The Labute approximate surface area is 93.7 Å². The molecule has 3 nitrogen and oxygen atoms in total. The lowest BCUT2D eigenvalue weighted by Gasteiger charge is -2.03. The summed E-state index contributed by atoms with van der Waals surface area (Å²) in [4.78, 5) is 11.4. The lowest BCUT2D eigenvalue weighted by Crippen LogP contribution is -2.07. The molecule has 2 aromatic rings. The first-order valence-corrected chi connectivity index (χ1v) is 5.05. The molecule has 0 spiro atoms. The number of rotatable bonds is 4. The summed E-state index contributed by atoms with van der Waals surface area (Å²) in [6, 6.07) is 11.4. The van der Waals surface area contributed by atoms with Gasteiger partial charge in [-0.05, 0) is 11.6 Å². The van der Waals surface area contributed by atoms with Crippen molar-refractivity contribution in [1.29, 1.82) is 0 Å². The maximum atomic E-state index is 11.4. The van der Waals surface area contributed by atoms with Crippen molar-refractivity contribution in [3.63, 3.8) is 0 Å². The zero-order valence-corrected chi connectivity index (χ0v) is 8.76. The lowest BCUT2D eigenvalue weighted by molar-refractivity contribution is -0.144. The van der Waals surface area contributed by atoms with Crippen LogP contribution in [0.2, 0.25) is 0 Å². The van der Waals surface area contributed by atoms with Gasteiger partial charge in [-0.1, -0.05) is 30.3 Å². The summed E-state index contributed by atoms with van der Waals surface area (Å²) in [6.07, 6.45) is 3.34. The van der Waals surface area contributed by atoms with Crippen LogP contribution in [0, 0.1) is 0 Å². The summed E-state index contributed by atoms with van der Waals surface area (Å²) in [5.74, 6) is -0.245. The topological polar surface area (TPSA) is 39.4 Å². The van der Waals surface area contributed by atoms with Crippen LogP contribution in [0.3, 0.4) is 0 Å². The highest BCUT2D eigenvalue weighted by atomic mass is 16.5. The van der Waals surface area contributed by atoms with Crippen LogP contribution in [0.15, 0.2) is 53.3 Å². The highest BCUT2D eigenvalue weighted by Gasteiger charge is 2.05. The molecule has 0 radical (unpaired) electrons. The molecule has 0 saturated carbocycles. The van der Waals surface area contributed by atoms with Crippen molar-refractivity contribution in [1.82, 2.24) is 0 Å². The van der Waals surface area contributed by atoms with E-state index in [1.54, 1.807) is 18.6 Å². The van der Waals surface area contributed by atoms with E-state index in [1.165, 1.54) is 0 Å². The first-order valence-electron chi connectivity index (χ1n) is 5.05. The van der Waals surface area contributed by atoms with Crippen molar-refractivity contribution < 1.29 is 13.9 Å². The summed E-state index contributed by atoms with van der Waals surface area (Å²) in [5, 5.41) is 0. The van der Waals surface area contributed by atoms with Gasteiger partial charge in [0, 0.05) is 5.56 Å². The fraction of sp³-hybridized carbons (Fsp3) is 0.154. The molecule has 0 fully saturated rings. The maximum Gasteiger partial charge on any atom is 0.310 e. The average Bonchev–Trinajstić information content (AvgIpc) is 2.81. The second-order valence-electron chi connectivity index (χ2n) is 3.45. The van der Waals surface area contributed by atoms with Gasteiger partial charge in [0.2, 0.25) is 0 Å². The van der Waals surface area contributed by atoms with Crippen LogP contribution >= 0.6 is 0 Å². The largest absolute Gasteiger partial charge is 0.472 e. The first-order chi connectivity index (χ1) is 7.84. The molecular weight excluding hydrogens is 204 g/mol. The molecule has 0 bridgehead atoms. The second-order valence-corrected chi connectivity index (χ2v) is 3.45. The second kappa shape index (κ2) is 5.16. The third-order valence-corrected chi connectivity index (χ3v) is 2.17. The Morgan fingerprint density at radius 3 is 2.62 bits per heavy atom. The van der Waals surface area contributed by atoms with Crippen molar-refractivity contribution >= 4 is 5.97 Å². The molecule has 2 rings (SSSR count). The van der Waals surface area contributed by atoms with E-state index in [4.69, 9.17) is 9.15 Å². The number of carbonyl (C=O) groups is 1.